The first-order valence-electron chi connectivity index (χ1n) is 6.68. The Hall–Kier alpha value is -1.44. The van der Waals surface area contributed by atoms with Gasteiger partial charge < -0.3 is 10.1 Å². The molecule has 1 N–H and O–H groups in total. The molecule has 21 heavy (non-hydrogen) atoms. The van der Waals surface area contributed by atoms with Crippen LogP contribution in [0.2, 0.25) is 0 Å². The summed E-state index contributed by atoms with van der Waals surface area (Å²) in [5.74, 6) is -0.967. The molecule has 114 valence electrons. The van der Waals surface area contributed by atoms with Crippen LogP contribution in [0.5, 0.6) is 0 Å². The Labute approximate surface area is 126 Å². The molecule has 0 radical (unpaired) electrons. The zero-order valence-electron chi connectivity index (χ0n) is 11.7. The first-order chi connectivity index (χ1) is 10.2. The average Bonchev–Trinajstić information content (AvgIpc) is 2.94. The Balaban J connectivity index is 1.88. The SMILES string of the molecule is COCCNCCCc1nnc(-c2cc(F)ccc2F)s1. The van der Waals surface area contributed by atoms with Crippen LogP contribution in [0.3, 0.4) is 0 Å². The lowest BCUT2D eigenvalue weighted by Gasteiger charge is -2.01. The number of methoxy groups -OCH3 is 1. The molecule has 0 aliphatic rings. The lowest BCUT2D eigenvalue weighted by Crippen LogP contribution is -2.20. The molecule has 2 rings (SSSR count). The third-order valence-corrected chi connectivity index (χ3v) is 3.87. The molecule has 0 aliphatic heterocycles. The molecule has 0 saturated carbocycles. The minimum absolute atomic E-state index is 0.164. The van der Waals surface area contributed by atoms with Crippen LogP contribution in [0.1, 0.15) is 11.4 Å². The van der Waals surface area contributed by atoms with Crippen molar-refractivity contribution in [1.82, 2.24) is 15.5 Å². The van der Waals surface area contributed by atoms with Gasteiger partial charge in [0, 0.05) is 20.1 Å². The third kappa shape index (κ3) is 4.80. The fourth-order valence-electron chi connectivity index (χ4n) is 1.79. The van der Waals surface area contributed by atoms with E-state index < -0.39 is 11.6 Å². The highest BCUT2D eigenvalue weighted by Crippen LogP contribution is 2.27. The maximum atomic E-state index is 13.6. The predicted octanol–water partition coefficient (Wildman–Crippen LogP) is 2.65. The summed E-state index contributed by atoms with van der Waals surface area (Å²) in [4.78, 5) is 0. The van der Waals surface area contributed by atoms with Crippen molar-refractivity contribution in [2.45, 2.75) is 12.8 Å². The molecule has 0 spiro atoms. The molecule has 0 bridgehead atoms. The molecule has 7 heteroatoms. The number of benzene rings is 1. The molecule has 0 saturated heterocycles. The Morgan fingerprint density at radius 1 is 1.24 bits per heavy atom. The number of nitrogens with one attached hydrogen (secondary N) is 1. The topological polar surface area (TPSA) is 47.0 Å². The van der Waals surface area contributed by atoms with Crippen molar-refractivity contribution in [2.24, 2.45) is 0 Å². The van der Waals surface area contributed by atoms with Crippen molar-refractivity contribution in [3.63, 3.8) is 0 Å². The van der Waals surface area contributed by atoms with Crippen LogP contribution in [0.25, 0.3) is 10.6 Å². The van der Waals surface area contributed by atoms with E-state index in [9.17, 15) is 8.78 Å². The van der Waals surface area contributed by atoms with Crippen molar-refractivity contribution in [3.8, 4) is 10.6 Å². The van der Waals surface area contributed by atoms with E-state index in [-0.39, 0.29) is 5.56 Å². The van der Waals surface area contributed by atoms with E-state index in [1.165, 1.54) is 11.3 Å². The minimum Gasteiger partial charge on any atom is -0.383 e. The number of aromatic nitrogens is 2. The number of halogens is 2. The van der Waals surface area contributed by atoms with Gasteiger partial charge in [0.05, 0.1) is 12.2 Å². The van der Waals surface area contributed by atoms with E-state index in [2.05, 4.69) is 15.5 Å². The standard InChI is InChI=1S/C14H17F2N3OS/c1-20-8-7-17-6-2-3-13-18-19-14(21-13)11-9-10(15)4-5-12(11)16/h4-5,9,17H,2-3,6-8H2,1H3. The predicted molar refractivity (Wildman–Crippen MR) is 78.3 cm³/mol. The van der Waals surface area contributed by atoms with E-state index in [1.807, 2.05) is 0 Å². The van der Waals surface area contributed by atoms with Gasteiger partial charge in [0.25, 0.3) is 0 Å². The van der Waals surface area contributed by atoms with Gasteiger partial charge >= 0.3 is 0 Å². The number of aryl methyl sites for hydroxylation is 1. The smallest absolute Gasteiger partial charge is 0.150 e. The second-order valence-corrected chi connectivity index (χ2v) is 5.53. The molecular formula is C14H17F2N3OS. The molecule has 0 fully saturated rings. The number of hydrogen-bond acceptors (Lipinski definition) is 5. The van der Waals surface area contributed by atoms with E-state index in [4.69, 9.17) is 4.74 Å². The van der Waals surface area contributed by atoms with Gasteiger partial charge in [-0.25, -0.2) is 8.78 Å². The lowest BCUT2D eigenvalue weighted by molar-refractivity contribution is 0.199. The first-order valence-corrected chi connectivity index (χ1v) is 7.50. The maximum absolute atomic E-state index is 13.6. The molecular weight excluding hydrogens is 296 g/mol. The van der Waals surface area contributed by atoms with Crippen molar-refractivity contribution in [3.05, 3.63) is 34.8 Å². The fourth-order valence-corrected chi connectivity index (χ4v) is 2.69. The van der Waals surface area contributed by atoms with E-state index >= 15 is 0 Å². The largest absolute Gasteiger partial charge is 0.383 e. The quantitative estimate of drug-likeness (QED) is 0.761. The molecule has 1 aromatic carbocycles. The Morgan fingerprint density at radius 2 is 2.10 bits per heavy atom. The zero-order valence-corrected chi connectivity index (χ0v) is 12.6. The number of nitrogens with zero attached hydrogens (tertiary/aromatic N) is 2. The number of ether oxygens (including phenoxy) is 1. The molecule has 2 aromatic rings. The Kier molecular flexibility index (Phi) is 6.16. The number of rotatable bonds is 8. The van der Waals surface area contributed by atoms with Crippen LogP contribution in [-0.2, 0) is 11.2 Å². The summed E-state index contributed by atoms with van der Waals surface area (Å²) in [5.41, 5.74) is 0.164. The summed E-state index contributed by atoms with van der Waals surface area (Å²) < 4.78 is 31.7. The van der Waals surface area contributed by atoms with Crippen LogP contribution in [0.4, 0.5) is 8.78 Å². The van der Waals surface area contributed by atoms with Crippen LogP contribution >= 0.6 is 11.3 Å². The van der Waals surface area contributed by atoms with Crippen molar-refractivity contribution >= 4 is 11.3 Å². The Bertz CT molecular complexity index is 577. The first kappa shape index (κ1) is 15.9. The van der Waals surface area contributed by atoms with Gasteiger partial charge in [-0.2, -0.15) is 0 Å². The van der Waals surface area contributed by atoms with Crippen LogP contribution in [-0.4, -0.2) is 37.0 Å². The van der Waals surface area contributed by atoms with E-state index in [1.54, 1.807) is 7.11 Å². The molecule has 0 aliphatic carbocycles. The molecule has 4 nitrogen and oxygen atoms in total. The van der Waals surface area contributed by atoms with Crippen molar-refractivity contribution in [1.29, 1.82) is 0 Å². The molecule has 1 heterocycles. The van der Waals surface area contributed by atoms with Crippen LogP contribution < -0.4 is 5.32 Å². The van der Waals surface area contributed by atoms with Gasteiger partial charge in [-0.05, 0) is 31.2 Å². The molecule has 0 atom stereocenters. The summed E-state index contributed by atoms with van der Waals surface area (Å²) >= 11 is 1.30. The molecule has 0 amide bonds. The summed E-state index contributed by atoms with van der Waals surface area (Å²) in [6.07, 6.45) is 1.67. The second-order valence-electron chi connectivity index (χ2n) is 4.47. The van der Waals surface area contributed by atoms with Crippen LogP contribution in [0, 0.1) is 11.6 Å². The third-order valence-electron chi connectivity index (χ3n) is 2.85. The molecule has 0 unspecified atom stereocenters. The summed E-state index contributed by atoms with van der Waals surface area (Å²) in [6, 6.07) is 3.34. The van der Waals surface area contributed by atoms with Gasteiger partial charge in [-0.1, -0.05) is 11.3 Å². The van der Waals surface area contributed by atoms with Gasteiger partial charge in [0.1, 0.15) is 16.6 Å². The van der Waals surface area contributed by atoms with Crippen LogP contribution in [0.15, 0.2) is 18.2 Å². The highest BCUT2D eigenvalue weighted by atomic mass is 32.1. The summed E-state index contributed by atoms with van der Waals surface area (Å²) in [7, 11) is 1.66. The highest BCUT2D eigenvalue weighted by Gasteiger charge is 2.12. The fraction of sp³-hybridized carbons (Fsp3) is 0.429. The number of hydrogen-bond donors (Lipinski definition) is 1. The van der Waals surface area contributed by atoms with Crippen molar-refractivity contribution < 1.29 is 13.5 Å². The average molecular weight is 313 g/mol. The van der Waals surface area contributed by atoms with E-state index in [0.717, 1.165) is 49.1 Å². The minimum atomic E-state index is -0.486. The summed E-state index contributed by atoms with van der Waals surface area (Å²) in [5, 5.41) is 12.4. The summed E-state index contributed by atoms with van der Waals surface area (Å²) in [6.45, 7) is 2.35. The lowest BCUT2D eigenvalue weighted by atomic mass is 10.2. The maximum Gasteiger partial charge on any atom is 0.150 e. The van der Waals surface area contributed by atoms with Gasteiger partial charge in [0.15, 0.2) is 5.01 Å². The zero-order chi connectivity index (χ0) is 15.1. The van der Waals surface area contributed by atoms with Gasteiger partial charge in [-0.15, -0.1) is 10.2 Å². The second kappa shape index (κ2) is 8.11. The van der Waals surface area contributed by atoms with Gasteiger partial charge in [0.2, 0.25) is 0 Å². The normalized spacial score (nSPS) is 11.0. The van der Waals surface area contributed by atoms with E-state index in [0.29, 0.717) is 11.6 Å². The van der Waals surface area contributed by atoms with Gasteiger partial charge in [-0.3, -0.25) is 0 Å². The van der Waals surface area contributed by atoms with Crippen molar-refractivity contribution in [2.75, 3.05) is 26.8 Å². The molecule has 1 aromatic heterocycles. The highest BCUT2D eigenvalue weighted by molar-refractivity contribution is 7.14. The Morgan fingerprint density at radius 3 is 2.90 bits per heavy atom. The monoisotopic (exact) mass is 313 g/mol.